The minimum absolute atomic E-state index is 0.328. The van der Waals surface area contributed by atoms with Crippen molar-refractivity contribution >= 4 is 0 Å². The van der Waals surface area contributed by atoms with E-state index in [9.17, 15) is 5.11 Å². The van der Waals surface area contributed by atoms with Crippen LogP contribution < -0.4 is 0 Å². The Hall–Kier alpha value is -0.200. The Morgan fingerprint density at radius 2 is 1.56 bits per heavy atom. The zero-order valence-electron chi connectivity index (χ0n) is 18.2. The summed E-state index contributed by atoms with van der Waals surface area (Å²) in [5.41, 5.74) is 0. The van der Waals surface area contributed by atoms with E-state index < -0.39 is 0 Å². The smallest absolute Gasteiger partial charge is 0.0446 e. The molecule has 1 atom stereocenters. The van der Waals surface area contributed by atoms with Crippen LogP contribution in [0.5, 0.6) is 0 Å². The molecular weight excluding hydrogens is 336 g/mol. The molecule has 5 nitrogen and oxygen atoms in total. The van der Waals surface area contributed by atoms with Gasteiger partial charge in [0.25, 0.3) is 0 Å². The number of likely N-dealkylation sites (tertiary alicyclic amines) is 2. The number of hydrogen-bond donors (Lipinski definition) is 1. The molecule has 3 heterocycles. The number of aliphatic hydroxyl groups is 1. The summed E-state index contributed by atoms with van der Waals surface area (Å²) in [5.74, 6) is 0. The molecule has 0 bridgehead atoms. The van der Waals surface area contributed by atoms with Gasteiger partial charge < -0.3 is 14.9 Å². The maximum Gasteiger partial charge on any atom is 0.0446 e. The van der Waals surface area contributed by atoms with Crippen LogP contribution in [0, 0.1) is 0 Å². The summed E-state index contributed by atoms with van der Waals surface area (Å²) in [6.07, 6.45) is 7.48. The number of aliphatic hydroxyl groups excluding tert-OH is 1. The van der Waals surface area contributed by atoms with Gasteiger partial charge >= 0.3 is 0 Å². The van der Waals surface area contributed by atoms with Crippen molar-refractivity contribution in [2.45, 2.75) is 83.5 Å². The molecule has 3 aliphatic heterocycles. The molecule has 3 rings (SSSR count). The number of hydrogen-bond acceptors (Lipinski definition) is 5. The van der Waals surface area contributed by atoms with E-state index in [1.54, 1.807) is 0 Å². The molecular formula is C22H44N4O. The van der Waals surface area contributed by atoms with Crippen LogP contribution in [0.25, 0.3) is 0 Å². The number of rotatable bonds is 7. The number of nitrogens with zero attached hydrogens (tertiary/aromatic N) is 4. The average molecular weight is 381 g/mol. The van der Waals surface area contributed by atoms with Gasteiger partial charge in [0.2, 0.25) is 0 Å². The van der Waals surface area contributed by atoms with Gasteiger partial charge in [-0.3, -0.25) is 9.80 Å². The zero-order chi connectivity index (χ0) is 19.2. The largest absolute Gasteiger partial charge is 0.396 e. The van der Waals surface area contributed by atoms with Crippen LogP contribution in [0.1, 0.15) is 59.3 Å². The van der Waals surface area contributed by atoms with Crippen molar-refractivity contribution in [1.82, 2.24) is 19.6 Å². The molecule has 3 saturated heterocycles. The van der Waals surface area contributed by atoms with E-state index >= 15 is 0 Å². The van der Waals surface area contributed by atoms with E-state index in [2.05, 4.69) is 40.4 Å². The molecule has 0 unspecified atom stereocenters. The first-order valence-corrected chi connectivity index (χ1v) is 11.7. The van der Waals surface area contributed by atoms with E-state index in [1.807, 2.05) is 0 Å². The second-order valence-electron chi connectivity index (χ2n) is 9.33. The third-order valence-corrected chi connectivity index (χ3v) is 7.33. The van der Waals surface area contributed by atoms with Gasteiger partial charge in [-0.1, -0.05) is 6.92 Å². The highest BCUT2D eigenvalue weighted by Gasteiger charge is 2.36. The molecule has 5 heteroatoms. The standard InChI is InChI=1S/C22H44N4O/c1-4-10-23-11-5-20(6-12-23)25-15-16-26(22(18-25)9-17-27)21-7-13-24(14-8-21)19(2)3/h19-22,27H,4-18H2,1-3H3/t22-/m0/s1. The molecule has 0 aromatic carbocycles. The van der Waals surface area contributed by atoms with Crippen LogP contribution in [-0.2, 0) is 0 Å². The first-order valence-electron chi connectivity index (χ1n) is 11.7. The van der Waals surface area contributed by atoms with Crippen molar-refractivity contribution in [1.29, 1.82) is 0 Å². The van der Waals surface area contributed by atoms with Crippen LogP contribution in [0.3, 0.4) is 0 Å². The van der Waals surface area contributed by atoms with E-state index in [4.69, 9.17) is 0 Å². The number of piperazine rings is 1. The second-order valence-corrected chi connectivity index (χ2v) is 9.33. The lowest BCUT2D eigenvalue weighted by Gasteiger charge is -2.50. The molecule has 0 aromatic rings. The van der Waals surface area contributed by atoms with E-state index in [-0.39, 0.29) is 0 Å². The third-order valence-electron chi connectivity index (χ3n) is 7.33. The zero-order valence-corrected chi connectivity index (χ0v) is 18.2. The highest BCUT2D eigenvalue weighted by atomic mass is 16.3. The van der Waals surface area contributed by atoms with E-state index in [0.29, 0.717) is 18.7 Å². The van der Waals surface area contributed by atoms with Crippen LogP contribution in [0.15, 0.2) is 0 Å². The van der Waals surface area contributed by atoms with Crippen LogP contribution in [0.2, 0.25) is 0 Å². The Balaban J connectivity index is 1.51. The van der Waals surface area contributed by atoms with Gasteiger partial charge in [0, 0.05) is 50.4 Å². The normalized spacial score (nSPS) is 29.0. The lowest BCUT2D eigenvalue weighted by atomic mass is 9.95. The van der Waals surface area contributed by atoms with Crippen molar-refractivity contribution in [3.8, 4) is 0 Å². The Bertz CT molecular complexity index is 417. The lowest BCUT2D eigenvalue weighted by molar-refractivity contribution is -0.0201. The average Bonchev–Trinajstić information content (AvgIpc) is 2.69. The van der Waals surface area contributed by atoms with Crippen molar-refractivity contribution in [2.24, 2.45) is 0 Å². The molecule has 27 heavy (non-hydrogen) atoms. The quantitative estimate of drug-likeness (QED) is 0.731. The van der Waals surface area contributed by atoms with Crippen molar-refractivity contribution < 1.29 is 5.11 Å². The van der Waals surface area contributed by atoms with Gasteiger partial charge in [0.1, 0.15) is 0 Å². The first-order chi connectivity index (χ1) is 13.1. The van der Waals surface area contributed by atoms with E-state index in [0.717, 1.165) is 18.5 Å². The summed E-state index contributed by atoms with van der Waals surface area (Å²) in [6, 6.07) is 2.72. The van der Waals surface area contributed by atoms with Crippen molar-refractivity contribution in [3.05, 3.63) is 0 Å². The maximum absolute atomic E-state index is 9.68. The highest BCUT2D eigenvalue weighted by Crippen LogP contribution is 2.27. The van der Waals surface area contributed by atoms with Gasteiger partial charge in [0.15, 0.2) is 0 Å². The summed E-state index contributed by atoms with van der Waals surface area (Å²) >= 11 is 0. The predicted molar refractivity (Wildman–Crippen MR) is 113 cm³/mol. The summed E-state index contributed by atoms with van der Waals surface area (Å²) < 4.78 is 0. The molecule has 0 amide bonds. The molecule has 0 radical (unpaired) electrons. The second kappa shape index (κ2) is 10.5. The molecule has 0 spiro atoms. The minimum atomic E-state index is 0.328. The monoisotopic (exact) mass is 380 g/mol. The molecule has 0 saturated carbocycles. The molecule has 0 aliphatic carbocycles. The fourth-order valence-corrected chi connectivity index (χ4v) is 5.67. The van der Waals surface area contributed by atoms with Crippen molar-refractivity contribution in [3.63, 3.8) is 0 Å². The third kappa shape index (κ3) is 5.66. The highest BCUT2D eigenvalue weighted by molar-refractivity contribution is 4.92. The van der Waals surface area contributed by atoms with Gasteiger partial charge in [0.05, 0.1) is 0 Å². The van der Waals surface area contributed by atoms with Gasteiger partial charge in [-0.25, -0.2) is 0 Å². The predicted octanol–water partition coefficient (Wildman–Crippen LogP) is 2.10. The lowest BCUT2D eigenvalue weighted by Crippen LogP contribution is -2.61. The topological polar surface area (TPSA) is 33.2 Å². The molecule has 3 fully saturated rings. The SMILES string of the molecule is CCCN1CCC(N2CCN(C3CCN(C(C)C)CC3)[C@@H](CCO)C2)CC1. The summed E-state index contributed by atoms with van der Waals surface area (Å²) in [7, 11) is 0. The van der Waals surface area contributed by atoms with Crippen LogP contribution in [0.4, 0.5) is 0 Å². The molecule has 1 N–H and O–H groups in total. The van der Waals surface area contributed by atoms with Gasteiger partial charge in [-0.15, -0.1) is 0 Å². The first kappa shape index (κ1) is 21.5. The molecule has 3 aliphatic rings. The van der Waals surface area contributed by atoms with Crippen LogP contribution >= 0.6 is 0 Å². The Morgan fingerprint density at radius 1 is 0.889 bits per heavy atom. The van der Waals surface area contributed by atoms with Gasteiger partial charge in [-0.2, -0.15) is 0 Å². The van der Waals surface area contributed by atoms with Crippen molar-refractivity contribution in [2.75, 3.05) is 59.0 Å². The summed E-state index contributed by atoms with van der Waals surface area (Å²) in [6.45, 7) is 17.1. The summed E-state index contributed by atoms with van der Waals surface area (Å²) in [5, 5.41) is 9.68. The molecule has 0 aromatic heterocycles. The number of piperidine rings is 2. The minimum Gasteiger partial charge on any atom is -0.396 e. The fourth-order valence-electron chi connectivity index (χ4n) is 5.67. The molecule has 158 valence electrons. The summed E-state index contributed by atoms with van der Waals surface area (Å²) in [4.78, 5) is 10.8. The van der Waals surface area contributed by atoms with Gasteiger partial charge in [-0.05, 0) is 85.1 Å². The van der Waals surface area contributed by atoms with E-state index in [1.165, 1.54) is 84.5 Å². The van der Waals surface area contributed by atoms with Crippen LogP contribution in [-0.4, -0.2) is 108 Å². The Kier molecular flexibility index (Phi) is 8.40. The fraction of sp³-hybridized carbons (Fsp3) is 1.00. The maximum atomic E-state index is 9.68. The Labute approximate surface area is 167 Å². The Morgan fingerprint density at radius 3 is 2.15 bits per heavy atom.